The summed E-state index contributed by atoms with van der Waals surface area (Å²) in [5.74, 6) is 1.40. The van der Waals surface area contributed by atoms with E-state index >= 15 is 0 Å². The van der Waals surface area contributed by atoms with Gasteiger partial charge in [0.15, 0.2) is 5.84 Å². The second kappa shape index (κ2) is 6.74. The van der Waals surface area contributed by atoms with Crippen molar-refractivity contribution < 1.29 is 9.53 Å². The molecule has 1 fully saturated rings. The van der Waals surface area contributed by atoms with Crippen molar-refractivity contribution in [2.75, 3.05) is 43.6 Å². The molecule has 7 heteroatoms. The minimum Gasteiger partial charge on any atom is -0.483 e. The lowest BCUT2D eigenvalue weighted by Crippen LogP contribution is -2.66. The number of anilines is 2. The Morgan fingerprint density at radius 1 is 1.23 bits per heavy atom. The minimum atomic E-state index is -0.341. The van der Waals surface area contributed by atoms with E-state index in [2.05, 4.69) is 77.7 Å². The number of likely N-dealkylation sites (N-methyl/N-ethyl adjacent to an activating group) is 2. The number of amides is 1. The van der Waals surface area contributed by atoms with Crippen molar-refractivity contribution in [2.45, 2.75) is 25.4 Å². The van der Waals surface area contributed by atoms with Crippen LogP contribution in [0.1, 0.15) is 13.8 Å². The summed E-state index contributed by atoms with van der Waals surface area (Å²) in [6.45, 7) is 6.53. The largest absolute Gasteiger partial charge is 0.483 e. The number of amidine groups is 1. The first-order valence-electron chi connectivity index (χ1n) is 10.3. The predicted octanol–water partition coefficient (Wildman–Crippen LogP) is 2.52. The molecule has 30 heavy (non-hydrogen) atoms. The molecule has 3 aliphatic heterocycles. The maximum Gasteiger partial charge on any atom is 0.262 e. The lowest BCUT2D eigenvalue weighted by Gasteiger charge is -2.53. The number of fused-ring (bicyclic) bond motifs is 3. The molecule has 1 atom stereocenters. The average molecular weight is 406 g/mol. The van der Waals surface area contributed by atoms with Crippen LogP contribution in [0.3, 0.4) is 0 Å². The highest BCUT2D eigenvalue weighted by Gasteiger charge is 2.42. The first kappa shape index (κ1) is 18.9. The smallest absolute Gasteiger partial charge is 0.262 e. The van der Waals surface area contributed by atoms with Crippen LogP contribution < -0.4 is 20.0 Å². The molecular weight excluding hydrogens is 378 g/mol. The van der Waals surface area contributed by atoms with Gasteiger partial charge in [-0.2, -0.15) is 5.10 Å². The van der Waals surface area contributed by atoms with Gasteiger partial charge in [0, 0.05) is 31.4 Å². The van der Waals surface area contributed by atoms with E-state index in [4.69, 9.17) is 4.74 Å². The maximum atomic E-state index is 12.3. The topological polar surface area (TPSA) is 60.4 Å². The zero-order chi connectivity index (χ0) is 21.0. The summed E-state index contributed by atoms with van der Waals surface area (Å²) in [7, 11) is 4.30. The highest BCUT2D eigenvalue weighted by atomic mass is 16.5. The lowest BCUT2D eigenvalue weighted by atomic mass is 9.89. The molecule has 2 aromatic rings. The number of rotatable bonds is 3. The van der Waals surface area contributed by atoms with Gasteiger partial charge >= 0.3 is 0 Å². The molecule has 5 rings (SSSR count). The van der Waals surface area contributed by atoms with Crippen molar-refractivity contribution in [3.63, 3.8) is 0 Å². The third-order valence-electron chi connectivity index (χ3n) is 6.51. The van der Waals surface area contributed by atoms with E-state index in [1.54, 1.807) is 0 Å². The molecule has 156 valence electrons. The Labute approximate surface area is 176 Å². The van der Waals surface area contributed by atoms with Gasteiger partial charge in [-0.1, -0.05) is 30.3 Å². The summed E-state index contributed by atoms with van der Waals surface area (Å²) in [5.41, 5.74) is 6.92. The van der Waals surface area contributed by atoms with Crippen molar-refractivity contribution in [3.05, 3.63) is 42.5 Å². The van der Waals surface area contributed by atoms with Gasteiger partial charge in [0.2, 0.25) is 0 Å². The number of hydrogen-bond acceptors (Lipinski definition) is 6. The fraction of sp³-hybridized carbons (Fsp3) is 0.391. The molecule has 0 bridgehead atoms. The number of nitrogens with zero attached hydrogens (tertiary/aromatic N) is 4. The number of carbonyl (C=O) groups excluding carboxylic acids is 1. The van der Waals surface area contributed by atoms with Gasteiger partial charge in [-0.3, -0.25) is 4.79 Å². The molecular formula is C23H27N5O2. The van der Waals surface area contributed by atoms with E-state index in [1.807, 2.05) is 17.9 Å². The highest BCUT2D eigenvalue weighted by Crippen LogP contribution is 2.45. The highest BCUT2D eigenvalue weighted by molar-refractivity contribution is 6.10. The molecule has 1 amide bonds. The van der Waals surface area contributed by atoms with Crippen LogP contribution in [0.4, 0.5) is 11.4 Å². The molecule has 0 aromatic heterocycles. The van der Waals surface area contributed by atoms with Crippen molar-refractivity contribution in [1.82, 2.24) is 10.3 Å². The summed E-state index contributed by atoms with van der Waals surface area (Å²) < 4.78 is 6.07. The van der Waals surface area contributed by atoms with Gasteiger partial charge < -0.3 is 19.4 Å². The van der Waals surface area contributed by atoms with Gasteiger partial charge in [0.05, 0.1) is 11.2 Å². The molecule has 1 N–H and O–H groups in total. The van der Waals surface area contributed by atoms with Crippen LogP contribution in [0, 0.1) is 0 Å². The summed E-state index contributed by atoms with van der Waals surface area (Å²) >= 11 is 0. The summed E-state index contributed by atoms with van der Waals surface area (Å²) in [5, 5.41) is 4.22. The summed E-state index contributed by atoms with van der Waals surface area (Å²) in [6.07, 6.45) is 0. The van der Waals surface area contributed by atoms with E-state index in [1.165, 1.54) is 0 Å². The fourth-order valence-corrected chi connectivity index (χ4v) is 4.81. The molecule has 0 spiro atoms. The number of hydrazone groups is 1. The number of carbonyl (C=O) groups is 1. The molecule has 1 unspecified atom stereocenters. The Morgan fingerprint density at radius 2 is 1.97 bits per heavy atom. The zero-order valence-corrected chi connectivity index (χ0v) is 17.8. The maximum absolute atomic E-state index is 12.3. The Balaban J connectivity index is 1.67. The van der Waals surface area contributed by atoms with Crippen LogP contribution in [-0.4, -0.2) is 62.0 Å². The Hall–Kier alpha value is -3.06. The van der Waals surface area contributed by atoms with Crippen LogP contribution in [0.15, 0.2) is 47.6 Å². The molecule has 3 heterocycles. The fourth-order valence-electron chi connectivity index (χ4n) is 4.81. The molecule has 1 saturated heterocycles. The zero-order valence-electron chi connectivity index (χ0n) is 17.8. The normalized spacial score (nSPS) is 22.1. The Morgan fingerprint density at radius 3 is 2.67 bits per heavy atom. The monoisotopic (exact) mass is 405 g/mol. The van der Waals surface area contributed by atoms with Gasteiger partial charge in [-0.05, 0) is 38.6 Å². The third-order valence-corrected chi connectivity index (χ3v) is 6.51. The first-order valence-corrected chi connectivity index (χ1v) is 10.3. The first-order chi connectivity index (χ1) is 14.4. The molecule has 0 aliphatic carbocycles. The van der Waals surface area contributed by atoms with Crippen molar-refractivity contribution >= 4 is 23.1 Å². The van der Waals surface area contributed by atoms with Crippen molar-refractivity contribution in [2.24, 2.45) is 5.10 Å². The van der Waals surface area contributed by atoms with Gasteiger partial charge in [-0.15, -0.1) is 0 Å². The van der Waals surface area contributed by atoms with E-state index in [9.17, 15) is 4.79 Å². The predicted molar refractivity (Wildman–Crippen MR) is 119 cm³/mol. The molecule has 2 aromatic carbocycles. The quantitative estimate of drug-likeness (QED) is 0.850. The second-order valence-electron chi connectivity index (χ2n) is 8.77. The molecule has 0 radical (unpaired) electrons. The van der Waals surface area contributed by atoms with Crippen molar-refractivity contribution in [1.29, 1.82) is 0 Å². The van der Waals surface area contributed by atoms with E-state index in [-0.39, 0.29) is 17.5 Å². The standard InChI is InChI=1S/C23H27N5O2/c1-15-22(29)25-24-21-12-30-20-10-17(16-8-6-5-7-9-16)18(11-19(20)28(15)21)27(4)23(2)13-26(3)14-23/h5-11,15H,12-14H2,1-4H3,(H,25,29). The van der Waals surface area contributed by atoms with Gasteiger partial charge in [-0.25, -0.2) is 5.43 Å². The lowest BCUT2D eigenvalue weighted by molar-refractivity contribution is -0.122. The van der Waals surface area contributed by atoms with Crippen LogP contribution in [0.25, 0.3) is 11.1 Å². The molecule has 7 nitrogen and oxygen atoms in total. The van der Waals surface area contributed by atoms with Crippen LogP contribution in [0.5, 0.6) is 5.75 Å². The van der Waals surface area contributed by atoms with Crippen LogP contribution in [0.2, 0.25) is 0 Å². The van der Waals surface area contributed by atoms with Gasteiger partial charge in [0.25, 0.3) is 5.91 Å². The van der Waals surface area contributed by atoms with Crippen LogP contribution in [-0.2, 0) is 4.79 Å². The van der Waals surface area contributed by atoms with E-state index in [0.717, 1.165) is 47.2 Å². The Kier molecular flexibility index (Phi) is 4.25. The van der Waals surface area contributed by atoms with E-state index < -0.39 is 0 Å². The number of nitrogens with one attached hydrogen (secondary N) is 1. The SMILES string of the molecule is CC1C(=O)NN=C2COc3cc(-c4ccccc4)c(N(C)C4(C)CN(C)C4)cc3N21. The molecule has 3 aliphatic rings. The average Bonchev–Trinajstić information content (AvgIpc) is 2.74. The summed E-state index contributed by atoms with van der Waals surface area (Å²) in [6, 6.07) is 14.3. The third kappa shape index (κ3) is 2.84. The Bertz CT molecular complexity index is 1030. The second-order valence-corrected chi connectivity index (χ2v) is 8.77. The van der Waals surface area contributed by atoms with Gasteiger partial charge in [0.1, 0.15) is 18.4 Å². The minimum absolute atomic E-state index is 0.0455. The van der Waals surface area contributed by atoms with Crippen molar-refractivity contribution in [3.8, 4) is 16.9 Å². The molecule has 0 saturated carbocycles. The number of ether oxygens (including phenoxy) is 1. The van der Waals surface area contributed by atoms with E-state index in [0.29, 0.717) is 6.61 Å². The number of hydrogen-bond donors (Lipinski definition) is 1. The summed E-state index contributed by atoms with van der Waals surface area (Å²) in [4.78, 5) is 19.0. The number of benzene rings is 2. The number of likely N-dealkylation sites (tertiary alicyclic amines) is 1. The van der Waals surface area contributed by atoms with Crippen LogP contribution >= 0.6 is 0 Å².